The molecular weight excluding hydrogens is 221 g/mol. The third kappa shape index (κ3) is 6.21. The number of aromatic nitrogens is 2. The van der Waals surface area contributed by atoms with E-state index in [1.54, 1.807) is 0 Å². The van der Waals surface area contributed by atoms with Crippen LogP contribution in [0.3, 0.4) is 0 Å². The second-order valence-electron chi connectivity index (χ2n) is 1.19. The van der Waals surface area contributed by atoms with Crippen molar-refractivity contribution in [1.29, 1.82) is 0 Å². The molecule has 0 saturated carbocycles. The average Bonchev–Trinajstić information content (AvgIpc) is 2.15. The number of nitrogens with one attached hydrogen (secondary N) is 1. The minimum absolute atomic E-state index is 0.321. The van der Waals surface area contributed by atoms with Gasteiger partial charge in [0.25, 0.3) is 0 Å². The third-order valence-electron chi connectivity index (χ3n) is 0.550. The molecule has 0 atom stereocenters. The Morgan fingerprint density at radius 1 is 1.55 bits per heavy atom. The van der Waals surface area contributed by atoms with Crippen LogP contribution in [0.4, 0.5) is 7.77 Å². The first-order chi connectivity index (χ1) is 5.04. The molecule has 1 N–H and O–H groups in total. The zero-order chi connectivity index (χ0) is 8.85. The molecule has 0 radical (unpaired) electrons. The topological polar surface area (TPSA) is 45.8 Å². The largest absolute Gasteiger partial charge is 0.385 e. The van der Waals surface area contributed by atoms with E-state index in [1.807, 2.05) is 0 Å². The first-order valence-electron chi connectivity index (χ1n) is 2.12. The van der Waals surface area contributed by atoms with Crippen LogP contribution in [0.1, 0.15) is 0 Å². The molecule has 0 unspecified atom stereocenters. The molecule has 0 bridgehead atoms. The van der Waals surface area contributed by atoms with Crippen molar-refractivity contribution in [1.82, 2.24) is 9.97 Å². The van der Waals surface area contributed by atoms with Crippen LogP contribution in [0.25, 0.3) is 0 Å². The fourth-order valence-electron chi connectivity index (χ4n) is 0.262. The zero-order valence-electron chi connectivity index (χ0n) is 4.85. The van der Waals surface area contributed by atoms with Gasteiger partial charge in [-0.15, -0.1) is 0 Å². The normalized spacial score (nSPS) is 9.18. The van der Waals surface area contributed by atoms with Crippen molar-refractivity contribution < 1.29 is 12.0 Å². The summed E-state index contributed by atoms with van der Waals surface area (Å²) in [7, 11) is 0. The highest BCUT2D eigenvalue weighted by Crippen LogP contribution is 2.13. The van der Waals surface area contributed by atoms with E-state index in [-0.39, 0.29) is 0 Å². The van der Waals surface area contributed by atoms with Gasteiger partial charge in [-0.3, -0.25) is 0 Å². The van der Waals surface area contributed by atoms with Gasteiger partial charge in [0.05, 0.1) is 6.33 Å². The highest BCUT2D eigenvalue weighted by Gasteiger charge is 1.93. The van der Waals surface area contributed by atoms with Crippen LogP contribution in [0.2, 0.25) is 10.3 Å². The zero-order valence-corrected chi connectivity index (χ0v) is 7.18. The lowest BCUT2D eigenvalue weighted by atomic mass is 10.9. The monoisotopic (exact) mass is 222 g/mol. The van der Waals surface area contributed by atoms with E-state index < -0.39 is 11.6 Å². The molecular formula is C3H2Cl2F2N2OS. The third-order valence-corrected chi connectivity index (χ3v) is 1.22. The Kier molecular flexibility index (Phi) is 5.35. The summed E-state index contributed by atoms with van der Waals surface area (Å²) in [5.41, 5.74) is 0. The highest BCUT2D eigenvalue weighted by atomic mass is 35.5. The second kappa shape index (κ2) is 5.45. The molecule has 1 heterocycles. The standard InChI is InChI=1S/C3H2Cl2N2.F2OS/c4-2-3(5)7-1-6-2;1-4(2)3/h1H,(H,6,7);. The summed E-state index contributed by atoms with van der Waals surface area (Å²) in [6.07, 6.45) is 1.44. The predicted molar refractivity (Wildman–Crippen MR) is 39.0 cm³/mol. The van der Waals surface area contributed by atoms with Crippen molar-refractivity contribution in [2.45, 2.75) is 0 Å². The van der Waals surface area contributed by atoms with Gasteiger partial charge in [0.2, 0.25) is 0 Å². The Morgan fingerprint density at radius 2 is 2.00 bits per heavy atom. The second-order valence-corrected chi connectivity index (χ2v) is 2.30. The maximum Gasteiger partial charge on any atom is 0.385 e. The molecule has 0 spiro atoms. The Balaban J connectivity index is 0.000000218. The van der Waals surface area contributed by atoms with Gasteiger partial charge in [-0.05, 0) is 0 Å². The molecule has 1 aromatic heterocycles. The summed E-state index contributed by atoms with van der Waals surface area (Å²) in [6.45, 7) is 0. The number of imidazole rings is 1. The molecule has 0 aliphatic heterocycles. The smallest absolute Gasteiger partial charge is 0.334 e. The van der Waals surface area contributed by atoms with Crippen molar-refractivity contribution in [3.05, 3.63) is 16.6 Å². The number of halogens is 4. The Bertz CT molecular complexity index is 222. The molecule has 8 heteroatoms. The average molecular weight is 223 g/mol. The van der Waals surface area contributed by atoms with Gasteiger partial charge in [0.15, 0.2) is 5.15 Å². The summed E-state index contributed by atoms with van der Waals surface area (Å²) < 4.78 is 27.8. The molecule has 0 aromatic carbocycles. The number of rotatable bonds is 0. The molecule has 11 heavy (non-hydrogen) atoms. The molecule has 0 saturated heterocycles. The van der Waals surface area contributed by atoms with E-state index in [0.717, 1.165) is 0 Å². The fourth-order valence-corrected chi connectivity index (χ4v) is 0.463. The number of nitrogens with zero attached hydrogens (tertiary/aromatic N) is 1. The Morgan fingerprint density at radius 3 is 2.09 bits per heavy atom. The van der Waals surface area contributed by atoms with E-state index in [1.165, 1.54) is 6.33 Å². The van der Waals surface area contributed by atoms with Gasteiger partial charge in [-0.2, -0.15) is 4.21 Å². The van der Waals surface area contributed by atoms with E-state index in [9.17, 15) is 7.77 Å². The lowest BCUT2D eigenvalue weighted by molar-refractivity contribution is 0.602. The van der Waals surface area contributed by atoms with Gasteiger partial charge >= 0.3 is 11.6 Å². The number of hydrogen-bond acceptors (Lipinski definition) is 2. The maximum atomic E-state index is 9.81. The predicted octanol–water partition coefficient (Wildman–Crippen LogP) is 2.22. The van der Waals surface area contributed by atoms with E-state index >= 15 is 0 Å². The molecule has 3 nitrogen and oxygen atoms in total. The van der Waals surface area contributed by atoms with Crippen molar-refractivity contribution in [2.24, 2.45) is 0 Å². The van der Waals surface area contributed by atoms with Crippen LogP contribution < -0.4 is 0 Å². The summed E-state index contributed by atoms with van der Waals surface area (Å²) in [4.78, 5) is 6.18. The van der Waals surface area contributed by atoms with E-state index in [0.29, 0.717) is 10.3 Å². The lowest BCUT2D eigenvalue weighted by Crippen LogP contribution is -1.56. The minimum Gasteiger partial charge on any atom is -0.334 e. The van der Waals surface area contributed by atoms with Crippen LogP contribution in [-0.2, 0) is 11.6 Å². The van der Waals surface area contributed by atoms with E-state index in [2.05, 4.69) is 9.97 Å². The van der Waals surface area contributed by atoms with Crippen molar-refractivity contribution in [3.63, 3.8) is 0 Å². The number of H-pyrrole nitrogens is 1. The summed E-state index contributed by atoms with van der Waals surface area (Å²) in [5.74, 6) is 0. The summed E-state index contributed by atoms with van der Waals surface area (Å²) in [5, 5.41) is 0.711. The molecule has 1 aromatic rings. The van der Waals surface area contributed by atoms with Crippen LogP contribution in [0.15, 0.2) is 6.33 Å². The molecule has 0 fully saturated rings. The Labute approximate surface area is 73.8 Å². The molecule has 0 amide bonds. The van der Waals surface area contributed by atoms with Crippen molar-refractivity contribution in [3.8, 4) is 0 Å². The first kappa shape index (κ1) is 10.8. The van der Waals surface area contributed by atoms with Crippen LogP contribution in [0, 0.1) is 0 Å². The van der Waals surface area contributed by atoms with Gasteiger partial charge in [0.1, 0.15) is 5.15 Å². The molecule has 1 rings (SSSR count). The van der Waals surface area contributed by atoms with Crippen molar-refractivity contribution in [2.75, 3.05) is 0 Å². The molecule has 0 aliphatic carbocycles. The molecule has 64 valence electrons. The minimum atomic E-state index is -3.61. The lowest BCUT2D eigenvalue weighted by Gasteiger charge is -1.72. The number of hydrogen-bond donors (Lipinski definition) is 1. The quantitative estimate of drug-likeness (QED) is 0.685. The van der Waals surface area contributed by atoms with E-state index in [4.69, 9.17) is 27.4 Å². The van der Waals surface area contributed by atoms with Crippen LogP contribution in [0.5, 0.6) is 0 Å². The van der Waals surface area contributed by atoms with Crippen molar-refractivity contribution >= 4 is 34.8 Å². The van der Waals surface area contributed by atoms with Gasteiger partial charge in [-0.25, -0.2) is 4.98 Å². The summed E-state index contributed by atoms with van der Waals surface area (Å²) in [6, 6.07) is 0. The Hall–Kier alpha value is -0.200. The molecule has 0 aliphatic rings. The van der Waals surface area contributed by atoms with Gasteiger partial charge in [0, 0.05) is 0 Å². The first-order valence-corrected chi connectivity index (χ1v) is 3.83. The maximum absolute atomic E-state index is 9.81. The summed E-state index contributed by atoms with van der Waals surface area (Å²) >= 11 is 7.11. The van der Waals surface area contributed by atoms with Gasteiger partial charge in [-0.1, -0.05) is 31.0 Å². The number of aromatic amines is 1. The SMILES string of the molecule is Clc1nc[nH]c1Cl.O=S(F)F. The van der Waals surface area contributed by atoms with Crippen LogP contribution in [-0.4, -0.2) is 14.2 Å². The fraction of sp³-hybridized carbons (Fsp3) is 0. The van der Waals surface area contributed by atoms with Gasteiger partial charge < -0.3 is 4.98 Å². The van der Waals surface area contributed by atoms with Crippen LogP contribution >= 0.6 is 23.2 Å². The highest BCUT2D eigenvalue weighted by molar-refractivity contribution is 7.74.